The van der Waals surface area contributed by atoms with Crippen LogP contribution in [0.15, 0.2) is 30.6 Å². The molecule has 1 saturated heterocycles. The quantitative estimate of drug-likeness (QED) is 0.553. The van der Waals surface area contributed by atoms with E-state index in [2.05, 4.69) is 10.1 Å². The van der Waals surface area contributed by atoms with Crippen LogP contribution in [0, 0.1) is 5.92 Å². The summed E-state index contributed by atoms with van der Waals surface area (Å²) in [6.45, 7) is 7.74. The van der Waals surface area contributed by atoms with Gasteiger partial charge in [0.1, 0.15) is 5.56 Å². The smallest absolute Gasteiger partial charge is 0.342 e. The van der Waals surface area contributed by atoms with Gasteiger partial charge in [0.15, 0.2) is 22.3 Å². The number of aromatic nitrogens is 3. The van der Waals surface area contributed by atoms with Crippen LogP contribution in [0.1, 0.15) is 56.1 Å². The number of sulfone groups is 1. The normalized spacial score (nSPS) is 17.6. The Labute approximate surface area is 188 Å². The second-order valence-electron chi connectivity index (χ2n) is 8.77. The van der Waals surface area contributed by atoms with E-state index in [4.69, 9.17) is 4.74 Å². The molecule has 0 spiro atoms. The van der Waals surface area contributed by atoms with Gasteiger partial charge in [-0.3, -0.25) is 4.79 Å². The SMILES string of the molecule is CC(C)CN(C(=O)COC(=O)c1cnn(-c2ccccn2)c1C(C)C)C1CCS(=O)(=O)C1. The van der Waals surface area contributed by atoms with Gasteiger partial charge in [-0.2, -0.15) is 5.10 Å². The van der Waals surface area contributed by atoms with E-state index in [1.54, 1.807) is 27.9 Å². The number of nitrogens with zero attached hydrogens (tertiary/aromatic N) is 4. The molecule has 1 amide bonds. The Morgan fingerprint density at radius 3 is 2.56 bits per heavy atom. The Kier molecular flexibility index (Phi) is 7.33. The number of ether oxygens (including phenoxy) is 1. The molecule has 10 heteroatoms. The molecule has 0 aromatic carbocycles. The van der Waals surface area contributed by atoms with Crippen molar-refractivity contribution in [1.82, 2.24) is 19.7 Å². The summed E-state index contributed by atoms with van der Waals surface area (Å²) < 4.78 is 30.7. The Bertz CT molecular complexity index is 1060. The van der Waals surface area contributed by atoms with Crippen molar-refractivity contribution in [3.05, 3.63) is 41.9 Å². The lowest BCUT2D eigenvalue weighted by Gasteiger charge is -2.29. The van der Waals surface area contributed by atoms with E-state index >= 15 is 0 Å². The number of rotatable bonds is 8. The second-order valence-corrected chi connectivity index (χ2v) is 11.0. The molecule has 32 heavy (non-hydrogen) atoms. The first-order valence-corrected chi connectivity index (χ1v) is 12.6. The van der Waals surface area contributed by atoms with Gasteiger partial charge in [0.05, 0.1) is 23.4 Å². The lowest BCUT2D eigenvalue weighted by atomic mass is 10.1. The molecule has 174 valence electrons. The summed E-state index contributed by atoms with van der Waals surface area (Å²) in [5, 5.41) is 4.30. The molecule has 3 heterocycles. The Morgan fingerprint density at radius 2 is 2.00 bits per heavy atom. The molecule has 0 aliphatic carbocycles. The molecule has 0 N–H and O–H groups in total. The van der Waals surface area contributed by atoms with E-state index in [0.29, 0.717) is 24.5 Å². The second kappa shape index (κ2) is 9.81. The van der Waals surface area contributed by atoms with Crippen molar-refractivity contribution in [2.75, 3.05) is 24.7 Å². The van der Waals surface area contributed by atoms with Gasteiger partial charge < -0.3 is 9.64 Å². The van der Waals surface area contributed by atoms with Crippen molar-refractivity contribution < 1.29 is 22.7 Å². The maximum absolute atomic E-state index is 12.9. The molecule has 0 saturated carbocycles. The van der Waals surface area contributed by atoms with Gasteiger partial charge in [0, 0.05) is 18.8 Å². The average molecular weight is 463 g/mol. The van der Waals surface area contributed by atoms with Crippen LogP contribution >= 0.6 is 0 Å². The highest BCUT2D eigenvalue weighted by molar-refractivity contribution is 7.91. The largest absolute Gasteiger partial charge is 0.452 e. The average Bonchev–Trinajstić information content (AvgIpc) is 3.34. The molecular weight excluding hydrogens is 432 g/mol. The summed E-state index contributed by atoms with van der Waals surface area (Å²) in [5.41, 5.74) is 0.916. The van der Waals surface area contributed by atoms with Crippen LogP contribution in [0.5, 0.6) is 0 Å². The van der Waals surface area contributed by atoms with E-state index < -0.39 is 28.3 Å². The van der Waals surface area contributed by atoms with Crippen LogP contribution in [0.3, 0.4) is 0 Å². The number of amides is 1. The Morgan fingerprint density at radius 1 is 1.25 bits per heavy atom. The molecule has 9 nitrogen and oxygen atoms in total. The first-order chi connectivity index (χ1) is 15.1. The summed E-state index contributed by atoms with van der Waals surface area (Å²) in [5.74, 6) is -0.319. The van der Waals surface area contributed by atoms with Crippen molar-refractivity contribution >= 4 is 21.7 Å². The fourth-order valence-electron chi connectivity index (χ4n) is 3.89. The zero-order valence-electron chi connectivity index (χ0n) is 18.9. The third-order valence-electron chi connectivity index (χ3n) is 5.30. The number of carbonyl (C=O) groups is 2. The van der Waals surface area contributed by atoms with E-state index in [9.17, 15) is 18.0 Å². The van der Waals surface area contributed by atoms with Gasteiger partial charge in [0.2, 0.25) is 0 Å². The molecule has 3 rings (SSSR count). The van der Waals surface area contributed by atoms with Crippen molar-refractivity contribution in [2.24, 2.45) is 5.92 Å². The van der Waals surface area contributed by atoms with E-state index in [0.717, 1.165) is 0 Å². The monoisotopic (exact) mass is 462 g/mol. The minimum Gasteiger partial charge on any atom is -0.452 e. The zero-order chi connectivity index (χ0) is 23.5. The predicted octanol–water partition coefficient (Wildman–Crippen LogP) is 2.22. The minimum atomic E-state index is -3.14. The maximum Gasteiger partial charge on any atom is 0.342 e. The highest BCUT2D eigenvalue weighted by atomic mass is 32.2. The van der Waals surface area contributed by atoms with Crippen molar-refractivity contribution in [2.45, 2.75) is 46.1 Å². The van der Waals surface area contributed by atoms with Crippen LogP contribution in [-0.4, -0.2) is 70.7 Å². The molecule has 2 aromatic heterocycles. The number of esters is 1. The maximum atomic E-state index is 12.9. The summed E-state index contributed by atoms with van der Waals surface area (Å²) in [7, 11) is -3.14. The Hall–Kier alpha value is -2.75. The zero-order valence-corrected chi connectivity index (χ0v) is 19.7. The molecule has 1 fully saturated rings. The molecule has 0 radical (unpaired) electrons. The summed E-state index contributed by atoms with van der Waals surface area (Å²) in [4.78, 5) is 31.5. The van der Waals surface area contributed by atoms with Gasteiger partial charge in [-0.15, -0.1) is 0 Å². The van der Waals surface area contributed by atoms with Crippen molar-refractivity contribution in [3.8, 4) is 5.82 Å². The standard InChI is InChI=1S/C22H30N4O5S/c1-15(2)12-25(17-8-10-32(29,30)14-17)20(27)13-31-22(28)18-11-24-26(21(18)16(3)4)19-7-5-6-9-23-19/h5-7,9,11,15-17H,8,10,12-14H2,1-4H3. The summed E-state index contributed by atoms with van der Waals surface area (Å²) >= 11 is 0. The first kappa shape index (κ1) is 23.9. The highest BCUT2D eigenvalue weighted by Gasteiger charge is 2.35. The lowest BCUT2D eigenvalue weighted by molar-refractivity contribution is -0.137. The first-order valence-electron chi connectivity index (χ1n) is 10.8. The molecule has 1 atom stereocenters. The van der Waals surface area contributed by atoms with E-state index in [-0.39, 0.29) is 34.9 Å². The lowest BCUT2D eigenvalue weighted by Crippen LogP contribution is -2.45. The van der Waals surface area contributed by atoms with Gasteiger partial charge in [-0.1, -0.05) is 33.8 Å². The van der Waals surface area contributed by atoms with Gasteiger partial charge in [-0.25, -0.2) is 22.9 Å². The third-order valence-corrected chi connectivity index (χ3v) is 7.05. The van der Waals surface area contributed by atoms with Crippen LogP contribution in [0.2, 0.25) is 0 Å². The van der Waals surface area contributed by atoms with E-state index in [1.165, 1.54) is 6.20 Å². The topological polar surface area (TPSA) is 111 Å². The fraction of sp³-hybridized carbons (Fsp3) is 0.545. The molecule has 2 aromatic rings. The highest BCUT2D eigenvalue weighted by Crippen LogP contribution is 2.23. The number of pyridine rings is 1. The molecule has 1 unspecified atom stereocenters. The summed E-state index contributed by atoms with van der Waals surface area (Å²) in [6.07, 6.45) is 3.47. The van der Waals surface area contributed by atoms with Gasteiger partial charge >= 0.3 is 5.97 Å². The van der Waals surface area contributed by atoms with Crippen molar-refractivity contribution in [1.29, 1.82) is 0 Å². The Balaban J connectivity index is 1.74. The van der Waals surface area contributed by atoms with Crippen LogP contribution in [0.25, 0.3) is 5.82 Å². The van der Waals surface area contributed by atoms with Crippen molar-refractivity contribution in [3.63, 3.8) is 0 Å². The molecular formula is C22H30N4O5S. The van der Waals surface area contributed by atoms with Gasteiger partial charge in [0.25, 0.3) is 5.91 Å². The van der Waals surface area contributed by atoms with Crippen LogP contribution in [0.4, 0.5) is 0 Å². The summed E-state index contributed by atoms with van der Waals surface area (Å²) in [6, 6.07) is 5.03. The fourth-order valence-corrected chi connectivity index (χ4v) is 5.62. The third kappa shape index (κ3) is 5.53. The van der Waals surface area contributed by atoms with Crippen LogP contribution in [-0.2, 0) is 19.4 Å². The number of hydrogen-bond acceptors (Lipinski definition) is 7. The minimum absolute atomic E-state index is 0.0427. The molecule has 1 aliphatic rings. The van der Waals surface area contributed by atoms with Crippen LogP contribution < -0.4 is 0 Å². The predicted molar refractivity (Wildman–Crippen MR) is 119 cm³/mol. The number of carbonyl (C=O) groups excluding carboxylic acids is 2. The van der Waals surface area contributed by atoms with E-state index in [1.807, 2.05) is 33.8 Å². The molecule has 1 aliphatic heterocycles. The number of hydrogen-bond donors (Lipinski definition) is 0. The van der Waals surface area contributed by atoms with Gasteiger partial charge in [-0.05, 0) is 30.4 Å². The molecule has 0 bridgehead atoms.